The van der Waals surface area contributed by atoms with Gasteiger partial charge in [-0.05, 0) is 37.1 Å². The highest BCUT2D eigenvalue weighted by molar-refractivity contribution is 9.10. The molecule has 3 nitrogen and oxygen atoms in total. The Balaban J connectivity index is 2.39. The third kappa shape index (κ3) is 5.33. The molecule has 94 valence electrons. The SMILES string of the molecule is CCOCCC(=O)NCc1cc(Br)ccc1C. The van der Waals surface area contributed by atoms with Crippen molar-refractivity contribution in [2.24, 2.45) is 0 Å². The number of carbonyl (C=O) groups is 1. The van der Waals surface area contributed by atoms with Gasteiger partial charge < -0.3 is 10.1 Å². The Morgan fingerprint density at radius 2 is 2.24 bits per heavy atom. The van der Waals surface area contributed by atoms with Gasteiger partial charge in [-0.1, -0.05) is 22.0 Å². The average Bonchev–Trinajstić information content (AvgIpc) is 2.31. The molecule has 0 aliphatic rings. The summed E-state index contributed by atoms with van der Waals surface area (Å²) in [5.74, 6) is 0.0258. The molecule has 1 amide bonds. The van der Waals surface area contributed by atoms with Gasteiger partial charge in [-0.3, -0.25) is 4.79 Å². The van der Waals surface area contributed by atoms with Crippen LogP contribution in [-0.2, 0) is 16.1 Å². The fourth-order valence-electron chi connectivity index (χ4n) is 1.42. The van der Waals surface area contributed by atoms with Crippen molar-refractivity contribution in [1.29, 1.82) is 0 Å². The highest BCUT2D eigenvalue weighted by atomic mass is 79.9. The zero-order chi connectivity index (χ0) is 12.7. The van der Waals surface area contributed by atoms with Crippen LogP contribution in [-0.4, -0.2) is 19.1 Å². The molecule has 17 heavy (non-hydrogen) atoms. The van der Waals surface area contributed by atoms with Gasteiger partial charge >= 0.3 is 0 Å². The number of carbonyl (C=O) groups excluding carboxylic acids is 1. The standard InChI is InChI=1S/C13H18BrNO2/c1-3-17-7-6-13(16)15-9-11-8-12(14)5-4-10(11)2/h4-5,8H,3,6-7,9H2,1-2H3,(H,15,16). The molecule has 0 unspecified atom stereocenters. The Morgan fingerprint density at radius 3 is 2.94 bits per heavy atom. The highest BCUT2D eigenvalue weighted by Gasteiger charge is 2.03. The lowest BCUT2D eigenvalue weighted by molar-refractivity contribution is -0.122. The lowest BCUT2D eigenvalue weighted by Crippen LogP contribution is -2.24. The molecular formula is C13H18BrNO2. The Hall–Kier alpha value is -0.870. The third-order valence-corrected chi connectivity index (χ3v) is 2.96. The predicted molar refractivity (Wildman–Crippen MR) is 71.8 cm³/mol. The van der Waals surface area contributed by atoms with Gasteiger partial charge in [0.05, 0.1) is 6.61 Å². The zero-order valence-electron chi connectivity index (χ0n) is 10.3. The molecule has 0 radical (unpaired) electrons. The molecule has 0 heterocycles. The molecular weight excluding hydrogens is 282 g/mol. The lowest BCUT2D eigenvalue weighted by atomic mass is 10.1. The second kappa shape index (κ2) is 7.45. The summed E-state index contributed by atoms with van der Waals surface area (Å²) in [7, 11) is 0. The fourth-order valence-corrected chi connectivity index (χ4v) is 1.83. The summed E-state index contributed by atoms with van der Waals surface area (Å²) in [6.07, 6.45) is 0.418. The van der Waals surface area contributed by atoms with Crippen LogP contribution in [0.5, 0.6) is 0 Å². The molecule has 0 aliphatic heterocycles. The van der Waals surface area contributed by atoms with Crippen molar-refractivity contribution < 1.29 is 9.53 Å². The normalized spacial score (nSPS) is 10.3. The van der Waals surface area contributed by atoms with Crippen LogP contribution in [0.1, 0.15) is 24.5 Å². The van der Waals surface area contributed by atoms with Crippen LogP contribution in [0.2, 0.25) is 0 Å². The maximum Gasteiger partial charge on any atom is 0.222 e. The molecule has 1 rings (SSSR count). The van der Waals surface area contributed by atoms with E-state index in [-0.39, 0.29) is 5.91 Å². The van der Waals surface area contributed by atoms with Gasteiger partial charge in [0.25, 0.3) is 0 Å². The molecule has 0 bridgehead atoms. The molecule has 1 aromatic rings. The van der Waals surface area contributed by atoms with E-state index in [1.54, 1.807) is 0 Å². The molecule has 1 N–H and O–H groups in total. The summed E-state index contributed by atoms with van der Waals surface area (Å²) in [6, 6.07) is 6.06. The topological polar surface area (TPSA) is 38.3 Å². The molecule has 0 spiro atoms. The number of ether oxygens (including phenoxy) is 1. The van der Waals surface area contributed by atoms with Crippen molar-refractivity contribution in [2.75, 3.05) is 13.2 Å². The van der Waals surface area contributed by atoms with E-state index in [2.05, 4.69) is 21.2 Å². The number of nitrogens with one attached hydrogen (secondary N) is 1. The van der Waals surface area contributed by atoms with Gasteiger partial charge in [-0.15, -0.1) is 0 Å². The summed E-state index contributed by atoms with van der Waals surface area (Å²) in [5.41, 5.74) is 2.31. The first-order valence-corrected chi connectivity index (χ1v) is 6.52. The van der Waals surface area contributed by atoms with Crippen LogP contribution in [0, 0.1) is 6.92 Å². The van der Waals surface area contributed by atoms with Crippen molar-refractivity contribution in [3.05, 3.63) is 33.8 Å². The van der Waals surface area contributed by atoms with E-state index in [1.165, 1.54) is 5.56 Å². The van der Waals surface area contributed by atoms with Crippen LogP contribution in [0.4, 0.5) is 0 Å². The number of hydrogen-bond acceptors (Lipinski definition) is 2. The largest absolute Gasteiger partial charge is 0.381 e. The summed E-state index contributed by atoms with van der Waals surface area (Å²) in [5, 5.41) is 2.89. The second-order valence-electron chi connectivity index (χ2n) is 3.79. The first-order chi connectivity index (χ1) is 8.13. The number of hydrogen-bond donors (Lipinski definition) is 1. The number of aryl methyl sites for hydroxylation is 1. The quantitative estimate of drug-likeness (QED) is 0.820. The molecule has 0 fully saturated rings. The third-order valence-electron chi connectivity index (χ3n) is 2.46. The number of amides is 1. The van der Waals surface area contributed by atoms with Gasteiger partial charge in [0.1, 0.15) is 0 Å². The van der Waals surface area contributed by atoms with Crippen molar-refractivity contribution in [1.82, 2.24) is 5.32 Å². The second-order valence-corrected chi connectivity index (χ2v) is 4.71. The molecule has 0 aliphatic carbocycles. The van der Waals surface area contributed by atoms with E-state index >= 15 is 0 Å². The summed E-state index contributed by atoms with van der Waals surface area (Å²) >= 11 is 3.42. The average molecular weight is 300 g/mol. The molecule has 0 atom stereocenters. The minimum Gasteiger partial charge on any atom is -0.381 e. The van der Waals surface area contributed by atoms with E-state index in [1.807, 2.05) is 32.0 Å². The van der Waals surface area contributed by atoms with E-state index in [4.69, 9.17) is 4.74 Å². The van der Waals surface area contributed by atoms with E-state index in [0.717, 1.165) is 10.0 Å². The van der Waals surface area contributed by atoms with Crippen molar-refractivity contribution in [2.45, 2.75) is 26.8 Å². The van der Waals surface area contributed by atoms with Gasteiger partial charge in [0.15, 0.2) is 0 Å². The molecule has 0 aromatic heterocycles. The van der Waals surface area contributed by atoms with E-state index < -0.39 is 0 Å². The van der Waals surface area contributed by atoms with Crippen LogP contribution >= 0.6 is 15.9 Å². The summed E-state index contributed by atoms with van der Waals surface area (Å²) < 4.78 is 6.16. The van der Waals surface area contributed by atoms with Gasteiger partial charge in [-0.25, -0.2) is 0 Å². The van der Waals surface area contributed by atoms with Crippen molar-refractivity contribution in [3.63, 3.8) is 0 Å². The van der Waals surface area contributed by atoms with Crippen LogP contribution in [0.15, 0.2) is 22.7 Å². The summed E-state index contributed by atoms with van der Waals surface area (Å²) in [4.78, 5) is 11.5. The van der Waals surface area contributed by atoms with Crippen LogP contribution < -0.4 is 5.32 Å². The Labute approximate surface area is 111 Å². The van der Waals surface area contributed by atoms with Gasteiger partial charge in [0, 0.05) is 24.0 Å². The van der Waals surface area contributed by atoms with Crippen LogP contribution in [0.25, 0.3) is 0 Å². The molecule has 1 aromatic carbocycles. The first kappa shape index (κ1) is 14.2. The minimum atomic E-state index is 0.0258. The van der Waals surface area contributed by atoms with Gasteiger partial charge in [0.2, 0.25) is 5.91 Å². The van der Waals surface area contributed by atoms with Crippen molar-refractivity contribution >= 4 is 21.8 Å². The zero-order valence-corrected chi connectivity index (χ0v) is 11.8. The number of benzene rings is 1. The maximum absolute atomic E-state index is 11.5. The number of rotatable bonds is 6. The lowest BCUT2D eigenvalue weighted by Gasteiger charge is -2.08. The fraction of sp³-hybridized carbons (Fsp3) is 0.462. The minimum absolute atomic E-state index is 0.0258. The van der Waals surface area contributed by atoms with Crippen LogP contribution in [0.3, 0.4) is 0 Å². The van der Waals surface area contributed by atoms with E-state index in [9.17, 15) is 4.79 Å². The molecule has 0 saturated heterocycles. The Bertz CT molecular complexity index is 380. The smallest absolute Gasteiger partial charge is 0.222 e. The Morgan fingerprint density at radius 1 is 1.47 bits per heavy atom. The first-order valence-electron chi connectivity index (χ1n) is 5.73. The molecule has 4 heteroatoms. The monoisotopic (exact) mass is 299 g/mol. The predicted octanol–water partition coefficient (Wildman–Crippen LogP) is 2.80. The van der Waals surface area contributed by atoms with Crippen molar-refractivity contribution in [3.8, 4) is 0 Å². The summed E-state index contributed by atoms with van der Waals surface area (Å²) in [6.45, 7) is 5.66. The Kier molecular flexibility index (Phi) is 6.22. The molecule has 0 saturated carbocycles. The maximum atomic E-state index is 11.5. The number of halogens is 1. The van der Waals surface area contributed by atoms with E-state index in [0.29, 0.717) is 26.2 Å². The highest BCUT2D eigenvalue weighted by Crippen LogP contribution is 2.15. The van der Waals surface area contributed by atoms with Gasteiger partial charge in [-0.2, -0.15) is 0 Å².